The first-order chi connectivity index (χ1) is 19.2. The number of hydrogen-bond acceptors (Lipinski definition) is 8. The standard InChI is InChI=1S/C21H30F3N3O5S.C4H4O4/c1-31-5-6-32-21(28)26-4-7-33(29,30)27-15-2-3-16(27)9-14(8-15)20(25)11-13-10-18(23)19(24)12-17(13)22;5-3(6)1-2-4(7)8/h10,12,14-16,20H,2-9,11,25H2,1H3,(H,26,28);1-2H,(H,5,6)(H,7,8)/b;2-1-/t14-,15-,16+,20-;/m1./s1. The first-order valence-corrected chi connectivity index (χ1v) is 14.3. The van der Waals surface area contributed by atoms with Crippen LogP contribution in [-0.2, 0) is 35.5 Å². The van der Waals surface area contributed by atoms with Gasteiger partial charge in [-0.05, 0) is 49.7 Å². The molecule has 1 amide bonds. The second-order valence-corrected chi connectivity index (χ2v) is 11.5. The van der Waals surface area contributed by atoms with Crippen LogP contribution in [0.3, 0.4) is 0 Å². The Morgan fingerprint density at radius 1 is 1.05 bits per heavy atom. The van der Waals surface area contributed by atoms with Crippen molar-refractivity contribution in [2.75, 3.05) is 32.6 Å². The molecule has 230 valence electrons. The first kappa shape index (κ1) is 34.0. The van der Waals surface area contributed by atoms with Gasteiger partial charge in [0.15, 0.2) is 11.6 Å². The Kier molecular flexibility index (Phi) is 13.0. The maximum absolute atomic E-state index is 14.0. The van der Waals surface area contributed by atoms with Gasteiger partial charge in [0.1, 0.15) is 12.4 Å². The summed E-state index contributed by atoms with van der Waals surface area (Å²) in [6.45, 7) is 0.235. The molecule has 16 heteroatoms. The summed E-state index contributed by atoms with van der Waals surface area (Å²) in [5.41, 5.74) is 6.29. The molecule has 2 heterocycles. The fraction of sp³-hybridized carbons (Fsp3) is 0.560. The molecule has 4 atom stereocenters. The predicted octanol–water partition coefficient (Wildman–Crippen LogP) is 1.63. The molecular weight excluding hydrogens is 575 g/mol. The fourth-order valence-corrected chi connectivity index (χ4v) is 6.78. The molecule has 1 aromatic rings. The van der Waals surface area contributed by atoms with E-state index in [1.165, 1.54) is 11.4 Å². The number of rotatable bonds is 12. The lowest BCUT2D eigenvalue weighted by Crippen LogP contribution is -2.51. The van der Waals surface area contributed by atoms with E-state index < -0.39 is 51.5 Å². The van der Waals surface area contributed by atoms with E-state index in [-0.39, 0.29) is 55.5 Å². The molecule has 2 fully saturated rings. The molecule has 2 saturated heterocycles. The number of carbonyl (C=O) groups is 3. The number of piperidine rings is 1. The molecule has 2 aliphatic rings. The van der Waals surface area contributed by atoms with E-state index in [1.54, 1.807) is 0 Å². The summed E-state index contributed by atoms with van der Waals surface area (Å²) in [5, 5.41) is 18.0. The van der Waals surface area contributed by atoms with Crippen LogP contribution in [0.1, 0.15) is 31.2 Å². The lowest BCUT2D eigenvalue weighted by Gasteiger charge is -2.40. The molecule has 41 heavy (non-hydrogen) atoms. The van der Waals surface area contributed by atoms with Gasteiger partial charge in [-0.15, -0.1) is 0 Å². The average Bonchev–Trinajstić information content (AvgIpc) is 3.17. The molecule has 0 aromatic heterocycles. The van der Waals surface area contributed by atoms with E-state index in [0.717, 1.165) is 6.07 Å². The summed E-state index contributed by atoms with van der Waals surface area (Å²) in [4.78, 5) is 30.7. The van der Waals surface area contributed by atoms with Gasteiger partial charge < -0.3 is 30.7 Å². The maximum Gasteiger partial charge on any atom is 0.407 e. The van der Waals surface area contributed by atoms with Crippen molar-refractivity contribution in [1.82, 2.24) is 9.62 Å². The third-order valence-electron chi connectivity index (χ3n) is 6.69. The number of nitrogens with two attached hydrogens (primary N) is 1. The van der Waals surface area contributed by atoms with Crippen molar-refractivity contribution in [3.63, 3.8) is 0 Å². The Morgan fingerprint density at radius 3 is 2.15 bits per heavy atom. The zero-order valence-corrected chi connectivity index (χ0v) is 23.1. The van der Waals surface area contributed by atoms with Gasteiger partial charge in [-0.25, -0.2) is 36.0 Å². The zero-order chi connectivity index (χ0) is 30.7. The molecule has 0 unspecified atom stereocenters. The number of carbonyl (C=O) groups excluding carboxylic acids is 1. The summed E-state index contributed by atoms with van der Waals surface area (Å²) < 4.78 is 77.7. The minimum Gasteiger partial charge on any atom is -0.478 e. The highest BCUT2D eigenvalue weighted by Crippen LogP contribution is 2.42. The quantitative estimate of drug-likeness (QED) is 0.154. The van der Waals surface area contributed by atoms with E-state index in [4.69, 9.17) is 25.4 Å². The van der Waals surface area contributed by atoms with Crippen molar-refractivity contribution < 1.29 is 55.7 Å². The summed E-state index contributed by atoms with van der Waals surface area (Å²) >= 11 is 0. The molecule has 0 spiro atoms. The van der Waals surface area contributed by atoms with Gasteiger partial charge in [0.2, 0.25) is 10.0 Å². The molecule has 0 saturated carbocycles. The van der Waals surface area contributed by atoms with Crippen molar-refractivity contribution >= 4 is 28.1 Å². The molecular formula is C25H34F3N3O9S. The van der Waals surface area contributed by atoms with E-state index in [9.17, 15) is 36.0 Å². The molecule has 2 bridgehead atoms. The number of ether oxygens (including phenoxy) is 2. The number of hydrogen-bond donors (Lipinski definition) is 4. The van der Waals surface area contributed by atoms with E-state index in [0.29, 0.717) is 43.9 Å². The lowest BCUT2D eigenvalue weighted by atomic mass is 9.83. The van der Waals surface area contributed by atoms with Crippen LogP contribution in [0, 0.1) is 23.4 Å². The molecule has 1 aromatic carbocycles. The normalized spacial score (nSPS) is 21.1. The molecule has 2 aliphatic heterocycles. The maximum atomic E-state index is 14.0. The number of carboxylic acid groups (broad SMARTS) is 2. The van der Waals surface area contributed by atoms with E-state index in [2.05, 4.69) is 5.32 Å². The van der Waals surface area contributed by atoms with Crippen LogP contribution in [0.15, 0.2) is 24.3 Å². The van der Waals surface area contributed by atoms with Gasteiger partial charge >= 0.3 is 18.0 Å². The van der Waals surface area contributed by atoms with Gasteiger partial charge in [-0.1, -0.05) is 0 Å². The number of nitrogens with one attached hydrogen (secondary N) is 1. The monoisotopic (exact) mass is 609 g/mol. The Bertz CT molecular complexity index is 1190. The number of benzene rings is 1. The highest BCUT2D eigenvalue weighted by atomic mass is 32.2. The summed E-state index contributed by atoms with van der Waals surface area (Å²) in [5.74, 6) is -6.07. The summed E-state index contributed by atoms with van der Waals surface area (Å²) in [6.07, 6.45) is 2.85. The minimum absolute atomic E-state index is 0.00672. The van der Waals surface area contributed by atoms with Gasteiger partial charge in [0.25, 0.3) is 0 Å². The van der Waals surface area contributed by atoms with Gasteiger partial charge in [-0.3, -0.25) is 0 Å². The van der Waals surface area contributed by atoms with Gasteiger partial charge in [0, 0.05) is 50.0 Å². The van der Waals surface area contributed by atoms with E-state index >= 15 is 0 Å². The Hall–Kier alpha value is -3.21. The number of aliphatic carboxylic acids is 2. The number of amides is 1. The average molecular weight is 610 g/mol. The number of alkyl carbamates (subject to hydrolysis) is 1. The number of sulfonamides is 1. The second-order valence-electron chi connectivity index (χ2n) is 9.55. The van der Waals surface area contributed by atoms with Crippen LogP contribution in [0.25, 0.3) is 0 Å². The third kappa shape index (κ3) is 10.6. The highest BCUT2D eigenvalue weighted by Gasteiger charge is 2.47. The Labute approximate surface area is 235 Å². The topological polar surface area (TPSA) is 186 Å². The van der Waals surface area contributed by atoms with Crippen molar-refractivity contribution in [1.29, 1.82) is 0 Å². The van der Waals surface area contributed by atoms with Gasteiger partial charge in [0.05, 0.1) is 12.4 Å². The molecule has 0 radical (unpaired) electrons. The van der Waals surface area contributed by atoms with Crippen LogP contribution in [-0.4, -0.2) is 91.7 Å². The van der Waals surface area contributed by atoms with E-state index in [1.807, 2.05) is 0 Å². The van der Waals surface area contributed by atoms with Crippen LogP contribution in [0.2, 0.25) is 0 Å². The first-order valence-electron chi connectivity index (χ1n) is 12.7. The van der Waals surface area contributed by atoms with Crippen LogP contribution in [0.5, 0.6) is 0 Å². The van der Waals surface area contributed by atoms with Crippen LogP contribution >= 0.6 is 0 Å². The van der Waals surface area contributed by atoms with Crippen molar-refractivity contribution in [3.8, 4) is 0 Å². The molecule has 0 aliphatic carbocycles. The highest BCUT2D eigenvalue weighted by molar-refractivity contribution is 7.89. The number of methoxy groups -OCH3 is 1. The van der Waals surface area contributed by atoms with Crippen molar-refractivity contribution in [2.24, 2.45) is 11.7 Å². The third-order valence-corrected chi connectivity index (χ3v) is 8.65. The molecule has 3 rings (SSSR count). The van der Waals surface area contributed by atoms with Crippen molar-refractivity contribution in [3.05, 3.63) is 47.3 Å². The number of nitrogens with zero attached hydrogens (tertiary/aromatic N) is 1. The lowest BCUT2D eigenvalue weighted by molar-refractivity contribution is -0.134. The Morgan fingerprint density at radius 2 is 1.61 bits per heavy atom. The summed E-state index contributed by atoms with van der Waals surface area (Å²) in [6, 6.07) is 0.367. The Balaban J connectivity index is 0.000000642. The minimum atomic E-state index is -3.62. The SMILES string of the molecule is COCCOC(=O)NCCS(=O)(=O)N1[C@@H]2CC[C@H]1C[C@H]([C@H](N)Cc1cc(F)c(F)cc1F)C2.O=C(O)/C=C\C(=O)O. The predicted molar refractivity (Wildman–Crippen MR) is 139 cm³/mol. The largest absolute Gasteiger partial charge is 0.478 e. The van der Waals surface area contributed by atoms with Crippen molar-refractivity contribution in [2.45, 2.75) is 50.2 Å². The van der Waals surface area contributed by atoms with Crippen LogP contribution < -0.4 is 11.1 Å². The zero-order valence-electron chi connectivity index (χ0n) is 22.3. The fourth-order valence-electron chi connectivity index (χ4n) is 4.92. The van der Waals surface area contributed by atoms with Crippen LogP contribution in [0.4, 0.5) is 18.0 Å². The second kappa shape index (κ2) is 15.7. The molecule has 12 nitrogen and oxygen atoms in total. The number of fused-ring (bicyclic) bond motifs is 2. The molecule has 5 N–H and O–H groups in total. The van der Waals surface area contributed by atoms with Gasteiger partial charge in [-0.2, -0.15) is 4.31 Å². The number of halogens is 3. The smallest absolute Gasteiger partial charge is 0.407 e. The number of carboxylic acids is 2. The summed E-state index contributed by atoms with van der Waals surface area (Å²) in [7, 11) is -2.15.